The van der Waals surface area contributed by atoms with Gasteiger partial charge < -0.3 is 35.6 Å². The van der Waals surface area contributed by atoms with Crippen molar-refractivity contribution < 1.29 is 164 Å². The molecule has 5 heteroatoms. The molecule has 0 saturated heterocycles. The standard InChI is InChI=1S/3C2H5.8CH4.2CH3.5Y/c3*1-2;;;;;;;;;;;;;;;/h3*1H2,2H3;8*1H4;2*1H3;;;;;/q3*-1;;;;;;;;;2*-1;;;;;. The molecule has 0 nitrogen and oxygen atoms in total. The van der Waals surface area contributed by atoms with Gasteiger partial charge in [-0.15, -0.1) is 0 Å². The normalized spacial score (nSPS) is 0.857. The quantitative estimate of drug-likeness (QED) is 0.224. The van der Waals surface area contributed by atoms with Crippen LogP contribution in [-0.2, 0) is 164 Å². The first kappa shape index (κ1) is 238. The van der Waals surface area contributed by atoms with Crippen molar-refractivity contribution in [3.63, 3.8) is 0 Å². The molecule has 0 aliphatic rings. The molecule has 0 spiro atoms. The third-order valence-electron chi connectivity index (χ3n) is 0. The Balaban J connectivity index is -0.000000000296. The largest absolute Gasteiger partial charge is 0.358 e. The molecule has 0 aromatic heterocycles. The molecule has 0 saturated carbocycles. The van der Waals surface area contributed by atoms with Crippen molar-refractivity contribution in [3.8, 4) is 0 Å². The molecule has 0 fully saturated rings. The molecular formula is C16H53Y5-5. The molecule has 0 rings (SSSR count). The summed E-state index contributed by atoms with van der Waals surface area (Å²) < 4.78 is 0. The number of hydrogen-bond donors (Lipinski definition) is 0. The van der Waals surface area contributed by atoms with Crippen LogP contribution in [0, 0.1) is 35.6 Å². The van der Waals surface area contributed by atoms with E-state index in [1.54, 1.807) is 20.8 Å². The minimum Gasteiger partial charge on any atom is -0.358 e. The van der Waals surface area contributed by atoms with Crippen LogP contribution in [0.15, 0.2) is 0 Å². The third-order valence-corrected chi connectivity index (χ3v) is 0. The summed E-state index contributed by atoms with van der Waals surface area (Å²) in [7, 11) is 0. The molecule has 0 bridgehead atoms. The van der Waals surface area contributed by atoms with Gasteiger partial charge in [-0.1, -0.05) is 59.4 Å². The Morgan fingerprint density at radius 3 is 0.286 bits per heavy atom. The minimum atomic E-state index is 0. The molecule has 137 valence electrons. The molecule has 0 N–H and O–H groups in total. The van der Waals surface area contributed by atoms with E-state index in [0.717, 1.165) is 0 Å². The molecule has 5 radical (unpaired) electrons. The second-order valence-electron chi connectivity index (χ2n) is 0. The van der Waals surface area contributed by atoms with E-state index in [2.05, 4.69) is 20.8 Å². The van der Waals surface area contributed by atoms with Gasteiger partial charge in [0.1, 0.15) is 0 Å². The number of hydrogen-bond acceptors (Lipinski definition) is 0. The summed E-state index contributed by atoms with van der Waals surface area (Å²) in [4.78, 5) is 0. The Bertz CT molecular complexity index is 16.6. The van der Waals surface area contributed by atoms with Gasteiger partial charge in [-0.25, -0.2) is 0 Å². The van der Waals surface area contributed by atoms with E-state index in [1.165, 1.54) is 0 Å². The van der Waals surface area contributed by atoms with Gasteiger partial charge in [0.15, 0.2) is 0 Å². The average Bonchev–Trinajstić information content (AvgIpc) is 1.81. The molecule has 0 unspecified atom stereocenters. The van der Waals surface area contributed by atoms with Crippen molar-refractivity contribution in [2.75, 3.05) is 0 Å². The second-order valence-corrected chi connectivity index (χ2v) is 0. The van der Waals surface area contributed by atoms with Gasteiger partial charge in [-0.05, 0) is 0 Å². The fourth-order valence-corrected chi connectivity index (χ4v) is 0. The molecular weight excluding hydrogens is 637 g/mol. The maximum atomic E-state index is 3.25. The van der Waals surface area contributed by atoms with Gasteiger partial charge in [-0.2, -0.15) is 20.8 Å². The van der Waals surface area contributed by atoms with Crippen LogP contribution < -0.4 is 0 Å². The van der Waals surface area contributed by atoms with Crippen LogP contribution in [0.1, 0.15) is 80.2 Å². The van der Waals surface area contributed by atoms with Crippen molar-refractivity contribution in [1.82, 2.24) is 0 Å². The van der Waals surface area contributed by atoms with Gasteiger partial charge in [0.2, 0.25) is 0 Å². The van der Waals surface area contributed by atoms with Gasteiger partial charge in [0.05, 0.1) is 0 Å². The predicted octanol–water partition coefficient (Wildman–Crippen LogP) is 8.50. The fraction of sp³-hybridized carbons (Fsp3) is 0.688. The maximum absolute atomic E-state index is 3.25. The Hall–Kier alpha value is 5.52. The van der Waals surface area contributed by atoms with Crippen LogP contribution in [0.3, 0.4) is 0 Å². The van der Waals surface area contributed by atoms with Crippen LogP contribution in [0.2, 0.25) is 0 Å². The van der Waals surface area contributed by atoms with Crippen LogP contribution in [0.4, 0.5) is 0 Å². The van der Waals surface area contributed by atoms with Crippen molar-refractivity contribution in [2.24, 2.45) is 0 Å². The van der Waals surface area contributed by atoms with Crippen molar-refractivity contribution >= 4 is 0 Å². The van der Waals surface area contributed by atoms with Crippen LogP contribution in [0.25, 0.3) is 0 Å². The zero-order chi connectivity index (χ0) is 6.00. The van der Waals surface area contributed by atoms with Gasteiger partial charge in [0.25, 0.3) is 0 Å². The van der Waals surface area contributed by atoms with Crippen LogP contribution in [-0.4, -0.2) is 0 Å². The van der Waals surface area contributed by atoms with E-state index in [0.29, 0.717) is 0 Å². The molecule has 0 heterocycles. The Labute approximate surface area is 273 Å². The first-order valence-corrected chi connectivity index (χ1v) is 2.12. The van der Waals surface area contributed by atoms with E-state index in [9.17, 15) is 0 Å². The predicted molar refractivity (Wildman–Crippen MR) is 99.8 cm³/mol. The molecule has 0 aromatic rings. The summed E-state index contributed by atoms with van der Waals surface area (Å²) in [6, 6.07) is 0. The third kappa shape index (κ3) is 463. The first-order chi connectivity index (χ1) is 3.00. The minimum absolute atomic E-state index is 0. The molecule has 0 aliphatic carbocycles. The van der Waals surface area contributed by atoms with Crippen LogP contribution >= 0.6 is 0 Å². The van der Waals surface area contributed by atoms with Crippen molar-refractivity contribution in [1.29, 1.82) is 0 Å². The van der Waals surface area contributed by atoms with E-state index in [1.807, 2.05) is 0 Å². The summed E-state index contributed by atoms with van der Waals surface area (Å²) in [5, 5.41) is 0. The van der Waals surface area contributed by atoms with E-state index >= 15 is 0 Å². The maximum Gasteiger partial charge on any atom is 0 e. The monoisotopic (exact) mass is 690 g/mol. The molecule has 0 amide bonds. The van der Waals surface area contributed by atoms with Crippen molar-refractivity contribution in [3.05, 3.63) is 35.6 Å². The average molecular weight is 690 g/mol. The molecule has 21 heavy (non-hydrogen) atoms. The summed E-state index contributed by atoms with van der Waals surface area (Å²) in [6.07, 6.45) is 0. The summed E-state index contributed by atoms with van der Waals surface area (Å²) in [6.45, 7) is 15.0. The fourth-order valence-electron chi connectivity index (χ4n) is 0. The Morgan fingerprint density at radius 2 is 0.286 bits per heavy atom. The van der Waals surface area contributed by atoms with Gasteiger partial charge >= 0.3 is 0 Å². The molecule has 0 aromatic carbocycles. The van der Waals surface area contributed by atoms with E-state index in [4.69, 9.17) is 0 Å². The molecule has 0 atom stereocenters. The Kier molecular flexibility index (Phi) is 5710. The summed E-state index contributed by atoms with van der Waals surface area (Å²) in [5.41, 5.74) is 0. The zero-order valence-electron chi connectivity index (χ0n) is 10.0. The summed E-state index contributed by atoms with van der Waals surface area (Å²) >= 11 is 0. The topological polar surface area (TPSA) is 0 Å². The first-order valence-electron chi connectivity index (χ1n) is 2.12. The van der Waals surface area contributed by atoms with Crippen LogP contribution in [0.5, 0.6) is 0 Å². The van der Waals surface area contributed by atoms with Gasteiger partial charge in [0, 0.05) is 164 Å². The SMILES string of the molecule is C.C.C.C.C.C.C.C.[CH2-]C.[CH2-]C.[CH2-]C.[CH3-].[CH3-].[Y].[Y].[Y].[Y].[Y]. The van der Waals surface area contributed by atoms with Gasteiger partial charge in [-0.3, -0.25) is 0 Å². The second kappa shape index (κ2) is 504. The Morgan fingerprint density at radius 1 is 0.286 bits per heavy atom. The zero-order valence-corrected chi connectivity index (χ0v) is 24.2. The molecule has 0 aliphatic heterocycles. The number of rotatable bonds is 0. The van der Waals surface area contributed by atoms with E-state index < -0.39 is 0 Å². The van der Waals surface area contributed by atoms with Crippen molar-refractivity contribution in [2.45, 2.75) is 80.2 Å². The van der Waals surface area contributed by atoms with E-state index in [-0.39, 0.29) is 238 Å². The summed E-state index contributed by atoms with van der Waals surface area (Å²) in [5.74, 6) is 0. The smallest absolute Gasteiger partial charge is 0 e.